The second-order valence-corrected chi connectivity index (χ2v) is 17.7. The van der Waals surface area contributed by atoms with Crippen LogP contribution in [-0.4, -0.2) is 11.1 Å². The summed E-state index contributed by atoms with van der Waals surface area (Å²) in [6.07, 6.45) is 6.57. The molecule has 0 saturated carbocycles. The lowest BCUT2D eigenvalue weighted by Gasteiger charge is -2.30. The summed E-state index contributed by atoms with van der Waals surface area (Å²) in [5, 5.41) is 1.21. The van der Waals surface area contributed by atoms with Crippen LogP contribution in [0.25, 0.3) is 62.1 Å². The van der Waals surface area contributed by atoms with E-state index in [2.05, 4.69) is 243 Å². The van der Waals surface area contributed by atoms with Gasteiger partial charge in [0.15, 0.2) is 0 Å². The van der Waals surface area contributed by atoms with Crippen molar-refractivity contribution >= 4 is 34.4 Å². The Kier molecular flexibility index (Phi) is 8.87. The summed E-state index contributed by atoms with van der Waals surface area (Å²) in [7, 11) is 0. The van der Waals surface area contributed by atoms with Crippen LogP contribution in [0.3, 0.4) is 0 Å². The summed E-state index contributed by atoms with van der Waals surface area (Å²) in [5.74, 6) is 0. The fourth-order valence-electron chi connectivity index (χ4n) is 10.4. The van der Waals surface area contributed by atoms with Crippen LogP contribution < -0.4 is 4.90 Å². The minimum absolute atomic E-state index is 0.0183. The van der Waals surface area contributed by atoms with Crippen molar-refractivity contribution in [3.63, 3.8) is 0 Å². The quantitative estimate of drug-likeness (QED) is 0.149. The van der Waals surface area contributed by atoms with Crippen LogP contribution in [-0.2, 0) is 10.8 Å². The summed E-state index contributed by atoms with van der Waals surface area (Å²) < 4.78 is 2.31. The number of hydrogen-bond donors (Lipinski definition) is 0. The van der Waals surface area contributed by atoms with Gasteiger partial charge in [0.2, 0.25) is 0 Å². The van der Waals surface area contributed by atoms with E-state index < -0.39 is 0 Å². The smallest absolute Gasteiger partial charge is 0.0725 e. The fourth-order valence-corrected chi connectivity index (χ4v) is 10.4. The van der Waals surface area contributed by atoms with Gasteiger partial charge in [0.25, 0.3) is 0 Å². The van der Waals surface area contributed by atoms with E-state index in [0.717, 1.165) is 17.1 Å². The van der Waals surface area contributed by atoms with Gasteiger partial charge in [0.05, 0.1) is 16.6 Å². The van der Waals surface area contributed by atoms with Crippen molar-refractivity contribution in [1.82, 2.24) is 4.57 Å². The average Bonchev–Trinajstić information content (AvgIpc) is 3.92. The first kappa shape index (κ1) is 37.6. The van der Waals surface area contributed by atoms with E-state index in [-0.39, 0.29) is 10.8 Å². The molecular formula is C60H48N2. The van der Waals surface area contributed by atoms with Gasteiger partial charge < -0.3 is 9.47 Å². The maximum absolute atomic E-state index is 4.28. The third kappa shape index (κ3) is 5.78. The van der Waals surface area contributed by atoms with Gasteiger partial charge >= 0.3 is 0 Å². The SMILES string of the molecule is C=Cc1c(/C=C\CN(c2ccc(-c3ccc4c(c3)C3(c5ccccc5-c5ccccc53)c3ccccc3-4)cc2)c2cccc(C(C)(C)C)c2)c2ccccc2n1-c1ccccc1. The van der Waals surface area contributed by atoms with Crippen LogP contribution in [0.1, 0.15) is 59.8 Å². The van der Waals surface area contributed by atoms with Crippen molar-refractivity contribution in [3.8, 4) is 39.1 Å². The molecule has 0 bridgehead atoms. The van der Waals surface area contributed by atoms with Crippen molar-refractivity contribution in [1.29, 1.82) is 0 Å². The van der Waals surface area contributed by atoms with Gasteiger partial charge in [-0.3, -0.25) is 0 Å². The lowest BCUT2D eigenvalue weighted by molar-refractivity contribution is 0.590. The molecule has 0 fully saturated rings. The van der Waals surface area contributed by atoms with Crippen LogP contribution >= 0.6 is 0 Å². The van der Waals surface area contributed by atoms with E-state index in [1.807, 2.05) is 6.08 Å². The zero-order valence-electron chi connectivity index (χ0n) is 35.5. The number of benzene rings is 8. The average molecular weight is 797 g/mol. The van der Waals surface area contributed by atoms with Gasteiger partial charge in [-0.15, -0.1) is 0 Å². The third-order valence-electron chi connectivity index (χ3n) is 13.3. The summed E-state index contributed by atoms with van der Waals surface area (Å²) >= 11 is 0. The molecule has 0 unspecified atom stereocenters. The zero-order valence-corrected chi connectivity index (χ0v) is 35.5. The summed E-state index contributed by atoms with van der Waals surface area (Å²) in [4.78, 5) is 2.43. The molecule has 0 aliphatic heterocycles. The highest BCUT2D eigenvalue weighted by molar-refractivity contribution is 5.97. The van der Waals surface area contributed by atoms with E-state index in [1.54, 1.807) is 0 Å². The number of rotatable bonds is 8. The summed E-state index contributed by atoms with van der Waals surface area (Å²) in [5.41, 5.74) is 21.0. The van der Waals surface area contributed by atoms with Gasteiger partial charge in [-0.05, 0) is 121 Å². The number of nitrogens with zero attached hydrogens (tertiary/aromatic N) is 2. The molecule has 2 aliphatic rings. The Hall–Kier alpha value is -7.42. The maximum atomic E-state index is 4.28. The van der Waals surface area contributed by atoms with Crippen LogP contribution in [0.5, 0.6) is 0 Å². The molecule has 0 N–H and O–H groups in total. The van der Waals surface area contributed by atoms with E-state index in [4.69, 9.17) is 0 Å². The molecule has 8 aromatic carbocycles. The van der Waals surface area contributed by atoms with Gasteiger partial charge in [0.1, 0.15) is 0 Å². The van der Waals surface area contributed by atoms with Crippen molar-refractivity contribution in [2.75, 3.05) is 11.4 Å². The van der Waals surface area contributed by atoms with Gasteiger partial charge in [-0.25, -0.2) is 0 Å². The van der Waals surface area contributed by atoms with Crippen LogP contribution in [0.4, 0.5) is 11.4 Å². The van der Waals surface area contributed by atoms with Crippen molar-refractivity contribution < 1.29 is 0 Å². The Bertz CT molecular complexity index is 3140. The van der Waals surface area contributed by atoms with Gasteiger partial charge in [0, 0.05) is 34.6 Å². The molecule has 1 heterocycles. The minimum atomic E-state index is -0.366. The van der Waals surface area contributed by atoms with Crippen LogP contribution in [0.2, 0.25) is 0 Å². The normalized spacial score (nSPS) is 13.3. The third-order valence-corrected chi connectivity index (χ3v) is 13.3. The van der Waals surface area contributed by atoms with Gasteiger partial charge in [-0.1, -0.05) is 185 Å². The van der Waals surface area contributed by atoms with E-state index in [1.165, 1.54) is 83.4 Å². The van der Waals surface area contributed by atoms with Gasteiger partial charge in [-0.2, -0.15) is 0 Å². The first-order valence-corrected chi connectivity index (χ1v) is 21.8. The first-order valence-electron chi connectivity index (χ1n) is 21.8. The summed E-state index contributed by atoms with van der Waals surface area (Å²) in [6.45, 7) is 11.8. The molecule has 0 atom stereocenters. The highest BCUT2D eigenvalue weighted by Gasteiger charge is 2.51. The molecule has 62 heavy (non-hydrogen) atoms. The van der Waals surface area contributed by atoms with Crippen LogP contribution in [0, 0.1) is 0 Å². The Labute approximate surface area is 365 Å². The Morgan fingerprint density at radius 1 is 0.532 bits per heavy atom. The largest absolute Gasteiger partial charge is 0.338 e. The number of anilines is 2. The molecule has 9 aromatic rings. The monoisotopic (exact) mass is 796 g/mol. The number of fused-ring (bicyclic) bond motifs is 11. The van der Waals surface area contributed by atoms with Crippen molar-refractivity contribution in [3.05, 3.63) is 246 Å². The molecule has 2 aliphatic carbocycles. The lowest BCUT2D eigenvalue weighted by Crippen LogP contribution is -2.25. The van der Waals surface area contributed by atoms with E-state index >= 15 is 0 Å². The predicted molar refractivity (Wildman–Crippen MR) is 263 cm³/mol. The molecule has 2 heteroatoms. The maximum Gasteiger partial charge on any atom is 0.0725 e. The highest BCUT2D eigenvalue weighted by atomic mass is 15.1. The first-order chi connectivity index (χ1) is 30.4. The minimum Gasteiger partial charge on any atom is -0.338 e. The molecule has 11 rings (SSSR count). The Morgan fingerprint density at radius 2 is 1.11 bits per heavy atom. The number of para-hydroxylation sites is 2. The molecule has 298 valence electrons. The van der Waals surface area contributed by atoms with E-state index in [0.29, 0.717) is 6.54 Å². The predicted octanol–water partition coefficient (Wildman–Crippen LogP) is 15.4. The Morgan fingerprint density at radius 3 is 1.76 bits per heavy atom. The molecule has 2 nitrogen and oxygen atoms in total. The summed E-state index contributed by atoms with van der Waals surface area (Å²) in [6, 6.07) is 71.7. The Balaban J connectivity index is 0.993. The second kappa shape index (κ2) is 14.6. The topological polar surface area (TPSA) is 8.17 Å². The molecule has 1 spiro atoms. The van der Waals surface area contributed by atoms with Crippen molar-refractivity contribution in [2.24, 2.45) is 0 Å². The van der Waals surface area contributed by atoms with E-state index in [9.17, 15) is 0 Å². The van der Waals surface area contributed by atoms with Crippen LogP contribution in [0.15, 0.2) is 207 Å². The second-order valence-electron chi connectivity index (χ2n) is 17.7. The highest BCUT2D eigenvalue weighted by Crippen LogP contribution is 2.63. The van der Waals surface area contributed by atoms with Crippen molar-refractivity contribution in [2.45, 2.75) is 31.6 Å². The number of hydrogen-bond acceptors (Lipinski definition) is 1. The number of aromatic nitrogens is 1. The molecular weight excluding hydrogens is 749 g/mol. The molecule has 1 aromatic heterocycles. The zero-order chi connectivity index (χ0) is 42.0. The standard InChI is InChI=1S/C60H48N2/c1-5-57-51(52-26-12-16-31-58(52)62(57)45-20-7-6-8-21-45)27-18-38-61(46-22-17-19-43(40-46)59(2,3)4)44-35-32-41(33-36-44)42-34-37-50-49-25-11-15-30-55(49)60(56(50)39-42)53-28-13-9-23-47(53)48-24-10-14-29-54(48)60/h5-37,39-40H,1,38H2,2-4H3/b27-18-. The molecule has 0 radical (unpaired) electrons. The molecule has 0 amide bonds. The molecule has 0 saturated heterocycles. The fraction of sp³-hybridized carbons (Fsp3) is 0.100. The lowest BCUT2D eigenvalue weighted by atomic mass is 9.70.